The van der Waals surface area contributed by atoms with Gasteiger partial charge in [-0.1, -0.05) is 0 Å². The van der Waals surface area contributed by atoms with Crippen LogP contribution in [0.3, 0.4) is 0 Å². The van der Waals surface area contributed by atoms with Gasteiger partial charge in [-0.05, 0) is 69.4 Å². The first-order chi connectivity index (χ1) is 13.6. The van der Waals surface area contributed by atoms with Crippen molar-refractivity contribution in [1.29, 1.82) is 0 Å². The highest BCUT2D eigenvalue weighted by Gasteiger charge is 2.24. The fourth-order valence-corrected chi connectivity index (χ4v) is 3.94. The van der Waals surface area contributed by atoms with Crippen LogP contribution in [0.1, 0.15) is 48.7 Å². The Morgan fingerprint density at radius 3 is 2.46 bits per heavy atom. The topological polar surface area (TPSA) is 77.6 Å². The largest absolute Gasteiger partial charge is 0.310 e. The summed E-state index contributed by atoms with van der Waals surface area (Å²) in [4.78, 5) is 16.5. The molecule has 1 fully saturated rings. The van der Waals surface area contributed by atoms with Crippen molar-refractivity contribution in [2.24, 2.45) is 0 Å². The zero-order chi connectivity index (χ0) is 19.5. The smallest absolute Gasteiger partial charge is 0.267 e. The lowest BCUT2D eigenvalue weighted by Crippen LogP contribution is -2.36. The van der Waals surface area contributed by atoms with E-state index in [1.165, 1.54) is 5.56 Å². The Labute approximate surface area is 164 Å². The Bertz CT molecular complexity index is 986. The quantitative estimate of drug-likeness (QED) is 0.739. The van der Waals surface area contributed by atoms with Crippen LogP contribution in [0.15, 0.2) is 47.5 Å². The van der Waals surface area contributed by atoms with E-state index in [4.69, 9.17) is 0 Å². The van der Waals surface area contributed by atoms with Crippen molar-refractivity contribution in [2.75, 3.05) is 0 Å². The van der Waals surface area contributed by atoms with Gasteiger partial charge >= 0.3 is 0 Å². The van der Waals surface area contributed by atoms with E-state index in [0.29, 0.717) is 11.9 Å². The Kier molecular flexibility index (Phi) is 5.34. The normalized spacial score (nSPS) is 19.6. The monoisotopic (exact) mass is 378 g/mol. The van der Waals surface area contributed by atoms with Gasteiger partial charge < -0.3 is 5.32 Å². The van der Waals surface area contributed by atoms with E-state index in [1.807, 2.05) is 44.4 Å². The van der Waals surface area contributed by atoms with Crippen LogP contribution in [-0.2, 0) is 6.54 Å². The molecule has 4 rings (SSSR count). The number of nitrogens with one attached hydrogen (secondary N) is 1. The highest BCUT2D eigenvalue weighted by atomic mass is 16.1. The molecule has 1 aliphatic carbocycles. The van der Waals surface area contributed by atoms with E-state index in [9.17, 15) is 4.79 Å². The van der Waals surface area contributed by atoms with Crippen molar-refractivity contribution in [3.05, 3.63) is 70.0 Å². The molecular weight excluding hydrogens is 352 g/mol. The van der Waals surface area contributed by atoms with Gasteiger partial charge in [0.05, 0.1) is 11.7 Å². The molecule has 0 saturated heterocycles. The molecule has 1 N–H and O–H groups in total. The predicted octanol–water partition coefficient (Wildman–Crippen LogP) is 2.71. The Morgan fingerprint density at radius 2 is 1.79 bits per heavy atom. The zero-order valence-electron chi connectivity index (χ0n) is 16.4. The number of hydrogen-bond donors (Lipinski definition) is 1. The summed E-state index contributed by atoms with van der Waals surface area (Å²) in [6.45, 7) is 4.81. The van der Waals surface area contributed by atoms with E-state index < -0.39 is 0 Å². The molecular formula is C21H26N6O. The van der Waals surface area contributed by atoms with E-state index in [-0.39, 0.29) is 11.6 Å². The van der Waals surface area contributed by atoms with Crippen LogP contribution in [-0.4, -0.2) is 30.6 Å². The van der Waals surface area contributed by atoms with Crippen LogP contribution in [0.5, 0.6) is 0 Å². The number of rotatable bonds is 5. The molecule has 0 aliphatic heterocycles. The van der Waals surface area contributed by atoms with Gasteiger partial charge in [-0.15, -0.1) is 5.10 Å². The second-order valence-electron chi connectivity index (χ2n) is 7.56. The highest BCUT2D eigenvalue weighted by Crippen LogP contribution is 2.27. The van der Waals surface area contributed by atoms with Crippen molar-refractivity contribution < 1.29 is 0 Å². The third kappa shape index (κ3) is 4.04. The SMILES string of the molecule is Cc1cc(C)n(-c2ccc(=O)n(C3CCC(NCc4ccncc4)CC3)n2)n1. The summed E-state index contributed by atoms with van der Waals surface area (Å²) < 4.78 is 3.46. The Morgan fingerprint density at radius 1 is 1.04 bits per heavy atom. The third-order valence-electron chi connectivity index (χ3n) is 5.42. The first kappa shape index (κ1) is 18.6. The average molecular weight is 378 g/mol. The van der Waals surface area contributed by atoms with Crippen LogP contribution in [0.25, 0.3) is 5.82 Å². The molecule has 0 radical (unpaired) electrons. The summed E-state index contributed by atoms with van der Waals surface area (Å²) in [5.74, 6) is 0.697. The maximum absolute atomic E-state index is 12.4. The van der Waals surface area contributed by atoms with Crippen LogP contribution >= 0.6 is 0 Å². The maximum Gasteiger partial charge on any atom is 0.267 e. The number of aryl methyl sites for hydroxylation is 2. The molecule has 0 atom stereocenters. The summed E-state index contributed by atoms with van der Waals surface area (Å²) in [5, 5.41) is 12.7. The summed E-state index contributed by atoms with van der Waals surface area (Å²) in [7, 11) is 0. The minimum absolute atomic E-state index is 0.0431. The Balaban J connectivity index is 1.42. The van der Waals surface area contributed by atoms with E-state index in [0.717, 1.165) is 43.6 Å². The van der Waals surface area contributed by atoms with Gasteiger partial charge in [0, 0.05) is 36.7 Å². The summed E-state index contributed by atoms with van der Waals surface area (Å²) in [6.07, 6.45) is 7.61. The van der Waals surface area contributed by atoms with Crippen LogP contribution < -0.4 is 10.9 Å². The average Bonchev–Trinajstić information content (AvgIpc) is 3.06. The minimum atomic E-state index is -0.0431. The number of nitrogens with zero attached hydrogens (tertiary/aromatic N) is 5. The van der Waals surface area contributed by atoms with Crippen LogP contribution in [0.2, 0.25) is 0 Å². The lowest BCUT2D eigenvalue weighted by Gasteiger charge is -2.29. The fraction of sp³-hybridized carbons (Fsp3) is 0.429. The molecule has 7 heteroatoms. The molecule has 28 heavy (non-hydrogen) atoms. The minimum Gasteiger partial charge on any atom is -0.310 e. The van der Waals surface area contributed by atoms with Gasteiger partial charge in [0.15, 0.2) is 5.82 Å². The fourth-order valence-electron chi connectivity index (χ4n) is 3.94. The second kappa shape index (κ2) is 8.06. The standard InChI is InChI=1S/C21H26N6O/c1-15-13-16(2)26(24-15)20-7-8-21(28)27(25-20)19-5-3-18(4-6-19)23-14-17-9-11-22-12-10-17/h7-13,18-19,23H,3-6,14H2,1-2H3. The molecule has 3 aromatic rings. The molecule has 3 aromatic heterocycles. The van der Waals surface area contributed by atoms with Gasteiger partial charge in [-0.3, -0.25) is 9.78 Å². The molecule has 0 spiro atoms. The van der Waals surface area contributed by atoms with Crippen molar-refractivity contribution in [2.45, 2.75) is 58.2 Å². The highest BCUT2D eigenvalue weighted by molar-refractivity contribution is 5.24. The molecule has 0 bridgehead atoms. The number of pyridine rings is 1. The van der Waals surface area contributed by atoms with E-state index in [1.54, 1.807) is 21.5 Å². The van der Waals surface area contributed by atoms with Crippen molar-refractivity contribution in [3.63, 3.8) is 0 Å². The molecule has 146 valence electrons. The van der Waals surface area contributed by atoms with Crippen molar-refractivity contribution in [1.82, 2.24) is 29.9 Å². The summed E-state index contributed by atoms with van der Waals surface area (Å²) >= 11 is 0. The van der Waals surface area contributed by atoms with Crippen molar-refractivity contribution >= 4 is 0 Å². The number of aromatic nitrogens is 5. The first-order valence-corrected chi connectivity index (χ1v) is 9.86. The van der Waals surface area contributed by atoms with E-state index >= 15 is 0 Å². The molecule has 0 amide bonds. The zero-order valence-corrected chi connectivity index (χ0v) is 16.4. The maximum atomic E-state index is 12.4. The van der Waals surface area contributed by atoms with Gasteiger partial charge in [-0.25, -0.2) is 9.36 Å². The van der Waals surface area contributed by atoms with Crippen molar-refractivity contribution in [3.8, 4) is 5.82 Å². The van der Waals surface area contributed by atoms with Gasteiger partial charge in [0.1, 0.15) is 0 Å². The lowest BCUT2D eigenvalue weighted by molar-refractivity contribution is 0.268. The number of hydrogen-bond acceptors (Lipinski definition) is 5. The molecule has 0 unspecified atom stereocenters. The van der Waals surface area contributed by atoms with E-state index in [2.05, 4.69) is 20.5 Å². The Hall–Kier alpha value is -2.80. The van der Waals surface area contributed by atoms with Gasteiger partial charge in [-0.2, -0.15) is 5.10 Å². The third-order valence-corrected chi connectivity index (χ3v) is 5.42. The second-order valence-corrected chi connectivity index (χ2v) is 7.56. The molecule has 1 aliphatic rings. The lowest BCUT2D eigenvalue weighted by atomic mass is 9.91. The van der Waals surface area contributed by atoms with Crippen LogP contribution in [0.4, 0.5) is 0 Å². The molecule has 1 saturated carbocycles. The summed E-state index contributed by atoms with van der Waals surface area (Å²) in [5.41, 5.74) is 3.16. The summed E-state index contributed by atoms with van der Waals surface area (Å²) in [6, 6.07) is 10.0. The van der Waals surface area contributed by atoms with Gasteiger partial charge in [0.25, 0.3) is 5.56 Å². The first-order valence-electron chi connectivity index (χ1n) is 9.86. The molecule has 7 nitrogen and oxygen atoms in total. The molecule has 3 heterocycles. The molecule has 0 aromatic carbocycles. The predicted molar refractivity (Wildman–Crippen MR) is 107 cm³/mol. The van der Waals surface area contributed by atoms with Crippen LogP contribution in [0, 0.1) is 13.8 Å². The van der Waals surface area contributed by atoms with Gasteiger partial charge in [0.2, 0.25) is 0 Å².